The molecular weight excluding hydrogens is 281 g/mol. The maximum Gasteiger partial charge on any atom is 1.00 e. The molecule has 0 fully saturated rings. The van der Waals surface area contributed by atoms with Crippen molar-refractivity contribution >= 4 is 44.9 Å². The van der Waals surface area contributed by atoms with Gasteiger partial charge < -0.3 is 4.55 Å². The van der Waals surface area contributed by atoms with Crippen molar-refractivity contribution in [2.24, 2.45) is 0 Å². The summed E-state index contributed by atoms with van der Waals surface area (Å²) in [7, 11) is -4.63. The quantitative estimate of drug-likeness (QED) is 0.399. The molecule has 1 aromatic carbocycles. The molecule has 0 spiro atoms. The Kier molecular flexibility index (Phi) is 5.75. The van der Waals surface area contributed by atoms with Gasteiger partial charge in [0.1, 0.15) is 10.1 Å². The topological polar surface area (TPSA) is 57.2 Å². The molecule has 0 aliphatic rings. The molecule has 14 heavy (non-hydrogen) atoms. The van der Waals surface area contributed by atoms with Gasteiger partial charge >= 0.3 is 29.6 Å². The van der Waals surface area contributed by atoms with E-state index in [0.29, 0.717) is 0 Å². The average molecular weight is 283 g/mol. The Bertz CT molecular complexity index is 446. The van der Waals surface area contributed by atoms with E-state index >= 15 is 0 Å². The van der Waals surface area contributed by atoms with E-state index < -0.39 is 15.0 Å². The van der Waals surface area contributed by atoms with Gasteiger partial charge in [-0.2, -0.15) is 0 Å². The SMILES string of the molecule is O=S(=O)([O-])c1cc(Cl)cc(Cl)c1Cl.[Na+]. The van der Waals surface area contributed by atoms with Crippen molar-refractivity contribution in [2.75, 3.05) is 0 Å². The smallest absolute Gasteiger partial charge is 0.744 e. The van der Waals surface area contributed by atoms with Gasteiger partial charge in [-0.15, -0.1) is 0 Å². The van der Waals surface area contributed by atoms with E-state index in [9.17, 15) is 13.0 Å². The summed E-state index contributed by atoms with van der Waals surface area (Å²) in [6, 6.07) is 2.21. The molecule has 0 saturated heterocycles. The zero-order chi connectivity index (χ0) is 10.2. The number of benzene rings is 1. The molecule has 3 nitrogen and oxygen atoms in total. The van der Waals surface area contributed by atoms with Gasteiger partial charge in [0.2, 0.25) is 0 Å². The minimum atomic E-state index is -4.63. The van der Waals surface area contributed by atoms with E-state index in [4.69, 9.17) is 34.8 Å². The number of halogens is 3. The molecule has 1 aromatic rings. The van der Waals surface area contributed by atoms with Gasteiger partial charge in [-0.25, -0.2) is 8.42 Å². The Morgan fingerprint density at radius 3 is 2.07 bits per heavy atom. The van der Waals surface area contributed by atoms with Gasteiger partial charge in [0.25, 0.3) is 0 Å². The van der Waals surface area contributed by atoms with Crippen LogP contribution in [0.3, 0.4) is 0 Å². The van der Waals surface area contributed by atoms with Crippen LogP contribution in [0.2, 0.25) is 15.1 Å². The summed E-state index contributed by atoms with van der Waals surface area (Å²) >= 11 is 16.5. The van der Waals surface area contributed by atoms with Crippen molar-refractivity contribution in [1.82, 2.24) is 0 Å². The standard InChI is InChI=1S/C6H3Cl3O3S.Na/c7-3-1-4(8)6(9)5(2-3)13(10,11)12;/h1-2H,(H,10,11,12);/q;+1/p-1. The molecule has 1 rings (SSSR count). The van der Waals surface area contributed by atoms with Gasteiger partial charge in [-0.05, 0) is 12.1 Å². The van der Waals surface area contributed by atoms with Crippen LogP contribution in [-0.2, 0) is 10.1 Å². The van der Waals surface area contributed by atoms with E-state index in [1.807, 2.05) is 0 Å². The third kappa shape index (κ3) is 3.54. The third-order valence-electron chi connectivity index (χ3n) is 1.23. The molecule has 0 unspecified atom stereocenters. The van der Waals surface area contributed by atoms with Gasteiger partial charge in [0.05, 0.1) is 14.9 Å². The second kappa shape index (κ2) is 5.37. The van der Waals surface area contributed by atoms with Crippen molar-refractivity contribution in [1.29, 1.82) is 0 Å². The monoisotopic (exact) mass is 282 g/mol. The number of hydrogen-bond acceptors (Lipinski definition) is 3. The molecule has 8 heteroatoms. The summed E-state index contributed by atoms with van der Waals surface area (Å²) in [6.07, 6.45) is 0. The van der Waals surface area contributed by atoms with Gasteiger partial charge in [0.15, 0.2) is 0 Å². The van der Waals surface area contributed by atoms with Gasteiger partial charge in [0, 0.05) is 5.02 Å². The molecular formula is C6H2Cl3NaO3S. The van der Waals surface area contributed by atoms with Crippen molar-refractivity contribution < 1.29 is 42.5 Å². The van der Waals surface area contributed by atoms with Crippen LogP contribution < -0.4 is 29.6 Å². The molecule has 0 N–H and O–H groups in total. The third-order valence-corrected chi connectivity index (χ3v) is 3.22. The fourth-order valence-corrected chi connectivity index (χ4v) is 2.32. The van der Waals surface area contributed by atoms with Crippen LogP contribution in [0, 0.1) is 0 Å². The summed E-state index contributed by atoms with van der Waals surface area (Å²) in [5.74, 6) is 0. The van der Waals surface area contributed by atoms with Crippen LogP contribution in [0.4, 0.5) is 0 Å². The van der Waals surface area contributed by atoms with Crippen LogP contribution in [0.15, 0.2) is 17.0 Å². The van der Waals surface area contributed by atoms with E-state index in [1.54, 1.807) is 0 Å². The van der Waals surface area contributed by atoms with Crippen LogP contribution in [-0.4, -0.2) is 13.0 Å². The zero-order valence-corrected chi connectivity index (χ0v) is 12.0. The van der Waals surface area contributed by atoms with Crippen molar-refractivity contribution in [3.05, 3.63) is 27.2 Å². The maximum absolute atomic E-state index is 10.6. The second-order valence-electron chi connectivity index (χ2n) is 2.15. The first-order valence-corrected chi connectivity index (χ1v) is 5.47. The van der Waals surface area contributed by atoms with Crippen LogP contribution in [0.25, 0.3) is 0 Å². The Morgan fingerprint density at radius 2 is 1.64 bits per heavy atom. The van der Waals surface area contributed by atoms with E-state index in [2.05, 4.69) is 0 Å². The molecule has 0 amide bonds. The minimum absolute atomic E-state index is 0. The van der Waals surface area contributed by atoms with Crippen molar-refractivity contribution in [3.63, 3.8) is 0 Å². The number of hydrogen-bond donors (Lipinski definition) is 0. The maximum atomic E-state index is 10.6. The van der Waals surface area contributed by atoms with E-state index in [1.165, 1.54) is 6.07 Å². The molecule has 0 heterocycles. The molecule has 0 atom stereocenters. The van der Waals surface area contributed by atoms with E-state index in [-0.39, 0.29) is 44.6 Å². The number of rotatable bonds is 1. The second-order valence-corrected chi connectivity index (χ2v) is 4.72. The predicted molar refractivity (Wildman–Crippen MR) is 49.4 cm³/mol. The summed E-state index contributed by atoms with van der Waals surface area (Å²) in [5.41, 5.74) is 0. The Labute approximate surface area is 118 Å². The Balaban J connectivity index is 0.00000169. The summed E-state index contributed by atoms with van der Waals surface area (Å²) in [6.45, 7) is 0. The fraction of sp³-hybridized carbons (Fsp3) is 0. The first kappa shape index (κ1) is 15.0. The molecule has 72 valence electrons. The average Bonchev–Trinajstić information content (AvgIpc) is 1.94. The molecule has 0 bridgehead atoms. The predicted octanol–water partition coefficient (Wildman–Crippen LogP) is -0.445. The fourth-order valence-electron chi connectivity index (χ4n) is 0.714. The molecule has 0 aliphatic carbocycles. The first-order chi connectivity index (χ1) is 5.82. The van der Waals surface area contributed by atoms with Crippen LogP contribution >= 0.6 is 34.8 Å². The molecule has 0 saturated carbocycles. The summed E-state index contributed by atoms with van der Waals surface area (Å²) in [5, 5.41) is -0.325. The summed E-state index contributed by atoms with van der Waals surface area (Å²) in [4.78, 5) is -0.605. The van der Waals surface area contributed by atoms with Crippen LogP contribution in [0.5, 0.6) is 0 Å². The Morgan fingerprint density at radius 1 is 1.14 bits per heavy atom. The normalized spacial score (nSPS) is 10.9. The first-order valence-electron chi connectivity index (χ1n) is 2.93. The zero-order valence-electron chi connectivity index (χ0n) is 6.92. The summed E-state index contributed by atoms with van der Waals surface area (Å²) < 4.78 is 31.8. The molecule has 0 aliphatic heterocycles. The van der Waals surface area contributed by atoms with Crippen molar-refractivity contribution in [2.45, 2.75) is 4.90 Å². The minimum Gasteiger partial charge on any atom is -0.744 e. The van der Waals surface area contributed by atoms with Crippen molar-refractivity contribution in [3.8, 4) is 0 Å². The molecule has 0 radical (unpaired) electrons. The largest absolute Gasteiger partial charge is 1.00 e. The van der Waals surface area contributed by atoms with E-state index in [0.717, 1.165) is 6.07 Å². The Hall–Kier alpha value is 1.000. The molecule has 0 aromatic heterocycles. The van der Waals surface area contributed by atoms with Crippen LogP contribution in [0.1, 0.15) is 0 Å². The van der Waals surface area contributed by atoms with Gasteiger partial charge in [-0.1, -0.05) is 34.8 Å². The van der Waals surface area contributed by atoms with Gasteiger partial charge in [-0.3, -0.25) is 0 Å².